The number of nitrogens with one attached hydrogen (secondary N) is 2. The average molecular weight is 202 g/mol. The molecule has 5 nitrogen and oxygen atoms in total. The van der Waals surface area contributed by atoms with Crippen LogP contribution in [0, 0.1) is 0 Å². The predicted molar refractivity (Wildman–Crippen MR) is 52.9 cm³/mol. The maximum atomic E-state index is 11.4. The molecule has 2 amide bonds. The van der Waals surface area contributed by atoms with Gasteiger partial charge >= 0.3 is 6.09 Å². The molecule has 0 radical (unpaired) electrons. The van der Waals surface area contributed by atoms with Crippen LogP contribution in [-0.4, -0.2) is 31.7 Å². The number of hydrogen-bond acceptors (Lipinski definition) is 3. The first-order valence-corrected chi connectivity index (χ1v) is 4.77. The standard InChI is InChI=1S/C9H18N2O3/c1-4-6-10-8(12)7(5-2)11-9(13)14-3/h7H,4-6H2,1-3H3,(H,10,12)(H,11,13)/t7-/m0/s1. The topological polar surface area (TPSA) is 67.4 Å². The van der Waals surface area contributed by atoms with Gasteiger partial charge in [-0.1, -0.05) is 13.8 Å². The van der Waals surface area contributed by atoms with Gasteiger partial charge in [0.15, 0.2) is 0 Å². The van der Waals surface area contributed by atoms with E-state index in [1.807, 2.05) is 13.8 Å². The van der Waals surface area contributed by atoms with Crippen LogP contribution in [0.2, 0.25) is 0 Å². The zero-order chi connectivity index (χ0) is 11.0. The smallest absolute Gasteiger partial charge is 0.407 e. The lowest BCUT2D eigenvalue weighted by Crippen LogP contribution is -2.46. The van der Waals surface area contributed by atoms with E-state index in [0.717, 1.165) is 6.42 Å². The summed E-state index contributed by atoms with van der Waals surface area (Å²) in [4.78, 5) is 22.2. The van der Waals surface area contributed by atoms with Crippen molar-refractivity contribution < 1.29 is 14.3 Å². The van der Waals surface area contributed by atoms with E-state index in [1.165, 1.54) is 7.11 Å². The Labute approximate surface area is 84.2 Å². The van der Waals surface area contributed by atoms with Crippen LogP contribution in [0.4, 0.5) is 4.79 Å². The molecule has 0 bridgehead atoms. The molecule has 5 heteroatoms. The highest BCUT2D eigenvalue weighted by Crippen LogP contribution is 1.92. The van der Waals surface area contributed by atoms with Gasteiger partial charge in [0.05, 0.1) is 7.11 Å². The van der Waals surface area contributed by atoms with Crippen LogP contribution in [-0.2, 0) is 9.53 Å². The molecule has 0 aliphatic rings. The van der Waals surface area contributed by atoms with Crippen LogP contribution in [0.5, 0.6) is 0 Å². The van der Waals surface area contributed by atoms with Crippen molar-refractivity contribution >= 4 is 12.0 Å². The highest BCUT2D eigenvalue weighted by molar-refractivity contribution is 5.85. The van der Waals surface area contributed by atoms with Crippen molar-refractivity contribution in [2.75, 3.05) is 13.7 Å². The molecule has 0 aromatic heterocycles. The normalized spacial score (nSPS) is 11.6. The first kappa shape index (κ1) is 12.7. The van der Waals surface area contributed by atoms with Gasteiger partial charge in [0, 0.05) is 6.54 Å². The SMILES string of the molecule is CCCNC(=O)[C@H](CC)NC(=O)OC. The molecule has 0 aliphatic heterocycles. The minimum atomic E-state index is -0.580. The van der Waals surface area contributed by atoms with Crippen LogP contribution >= 0.6 is 0 Å². The molecule has 2 N–H and O–H groups in total. The van der Waals surface area contributed by atoms with Gasteiger partial charge in [-0.2, -0.15) is 0 Å². The molecule has 0 saturated carbocycles. The molecule has 0 saturated heterocycles. The Balaban J connectivity index is 3.98. The number of amides is 2. The molecule has 0 heterocycles. The molecule has 82 valence electrons. The van der Waals surface area contributed by atoms with Gasteiger partial charge in [-0.25, -0.2) is 4.79 Å². The number of alkyl carbamates (subject to hydrolysis) is 1. The summed E-state index contributed by atoms with van der Waals surface area (Å²) in [5.74, 6) is -0.167. The molecule has 0 unspecified atom stereocenters. The highest BCUT2D eigenvalue weighted by Gasteiger charge is 2.17. The van der Waals surface area contributed by atoms with E-state index in [4.69, 9.17) is 0 Å². The lowest BCUT2D eigenvalue weighted by Gasteiger charge is -2.15. The third kappa shape index (κ3) is 4.69. The second-order valence-electron chi connectivity index (χ2n) is 2.89. The van der Waals surface area contributed by atoms with Crippen molar-refractivity contribution in [1.82, 2.24) is 10.6 Å². The largest absolute Gasteiger partial charge is 0.453 e. The van der Waals surface area contributed by atoms with E-state index < -0.39 is 12.1 Å². The molecule has 1 atom stereocenters. The van der Waals surface area contributed by atoms with Gasteiger partial charge in [0.1, 0.15) is 6.04 Å². The van der Waals surface area contributed by atoms with Crippen LogP contribution in [0.15, 0.2) is 0 Å². The van der Waals surface area contributed by atoms with E-state index in [9.17, 15) is 9.59 Å². The first-order valence-electron chi connectivity index (χ1n) is 4.77. The summed E-state index contributed by atoms with van der Waals surface area (Å²) in [5, 5.41) is 5.16. The molecule has 0 spiro atoms. The molecule has 0 aromatic carbocycles. The van der Waals surface area contributed by atoms with E-state index in [-0.39, 0.29) is 5.91 Å². The van der Waals surface area contributed by atoms with E-state index in [1.54, 1.807) is 0 Å². The Bertz CT molecular complexity index is 194. The molecule has 0 rings (SSSR count). The lowest BCUT2D eigenvalue weighted by molar-refractivity contribution is -0.123. The quantitative estimate of drug-likeness (QED) is 0.687. The number of carbonyl (C=O) groups excluding carboxylic acids is 2. The fraction of sp³-hybridized carbons (Fsp3) is 0.778. The van der Waals surface area contributed by atoms with Gasteiger partial charge in [0.2, 0.25) is 5.91 Å². The fourth-order valence-electron chi connectivity index (χ4n) is 0.926. The molecule has 0 fully saturated rings. The van der Waals surface area contributed by atoms with Crippen LogP contribution in [0.1, 0.15) is 26.7 Å². The zero-order valence-electron chi connectivity index (χ0n) is 8.92. The number of hydrogen-bond donors (Lipinski definition) is 2. The zero-order valence-corrected chi connectivity index (χ0v) is 8.92. The molecular formula is C9H18N2O3. The van der Waals surface area contributed by atoms with Gasteiger partial charge < -0.3 is 15.4 Å². The van der Waals surface area contributed by atoms with Gasteiger partial charge in [-0.3, -0.25) is 4.79 Å². The summed E-state index contributed by atoms with van der Waals surface area (Å²) in [6.45, 7) is 4.42. The summed E-state index contributed by atoms with van der Waals surface area (Å²) >= 11 is 0. The van der Waals surface area contributed by atoms with Crippen molar-refractivity contribution in [1.29, 1.82) is 0 Å². The summed E-state index contributed by atoms with van der Waals surface area (Å²) in [7, 11) is 1.27. The second kappa shape index (κ2) is 7.17. The maximum absolute atomic E-state index is 11.4. The molecular weight excluding hydrogens is 184 g/mol. The predicted octanol–water partition coefficient (Wildman–Crippen LogP) is 0.647. The Hall–Kier alpha value is -1.26. The first-order chi connectivity index (χ1) is 6.65. The number of rotatable bonds is 5. The Morgan fingerprint density at radius 2 is 2.00 bits per heavy atom. The van der Waals surface area contributed by atoms with Crippen molar-refractivity contribution in [2.24, 2.45) is 0 Å². The summed E-state index contributed by atoms with van der Waals surface area (Å²) < 4.78 is 4.41. The third-order valence-corrected chi connectivity index (χ3v) is 1.75. The fourth-order valence-corrected chi connectivity index (χ4v) is 0.926. The Kier molecular flexibility index (Phi) is 6.53. The van der Waals surface area contributed by atoms with Crippen LogP contribution in [0.3, 0.4) is 0 Å². The second-order valence-corrected chi connectivity index (χ2v) is 2.89. The van der Waals surface area contributed by atoms with Gasteiger partial charge in [0.25, 0.3) is 0 Å². The van der Waals surface area contributed by atoms with Crippen molar-refractivity contribution in [3.05, 3.63) is 0 Å². The minimum Gasteiger partial charge on any atom is -0.453 e. The lowest BCUT2D eigenvalue weighted by atomic mass is 10.2. The van der Waals surface area contributed by atoms with E-state index in [0.29, 0.717) is 13.0 Å². The average Bonchev–Trinajstić information content (AvgIpc) is 2.21. The number of methoxy groups -OCH3 is 1. The summed E-state index contributed by atoms with van der Waals surface area (Å²) in [6, 6.07) is -0.506. The number of carbonyl (C=O) groups is 2. The van der Waals surface area contributed by atoms with Crippen molar-refractivity contribution in [3.8, 4) is 0 Å². The van der Waals surface area contributed by atoms with Crippen LogP contribution < -0.4 is 10.6 Å². The summed E-state index contributed by atoms with van der Waals surface area (Å²) in [6.07, 6.45) is 0.842. The number of ether oxygens (including phenoxy) is 1. The van der Waals surface area contributed by atoms with Crippen LogP contribution in [0.25, 0.3) is 0 Å². The van der Waals surface area contributed by atoms with Crippen molar-refractivity contribution in [3.63, 3.8) is 0 Å². The van der Waals surface area contributed by atoms with E-state index in [2.05, 4.69) is 15.4 Å². The van der Waals surface area contributed by atoms with Crippen molar-refractivity contribution in [2.45, 2.75) is 32.7 Å². The van der Waals surface area contributed by atoms with Gasteiger partial charge in [-0.05, 0) is 12.8 Å². The monoisotopic (exact) mass is 202 g/mol. The molecule has 0 aliphatic carbocycles. The Morgan fingerprint density at radius 3 is 2.43 bits per heavy atom. The molecule has 14 heavy (non-hydrogen) atoms. The third-order valence-electron chi connectivity index (χ3n) is 1.75. The minimum absolute atomic E-state index is 0.167. The maximum Gasteiger partial charge on any atom is 0.407 e. The Morgan fingerprint density at radius 1 is 1.36 bits per heavy atom. The highest BCUT2D eigenvalue weighted by atomic mass is 16.5. The van der Waals surface area contributed by atoms with Gasteiger partial charge in [-0.15, -0.1) is 0 Å². The summed E-state index contributed by atoms with van der Waals surface area (Å²) in [5.41, 5.74) is 0. The van der Waals surface area contributed by atoms with E-state index >= 15 is 0 Å². The molecule has 0 aromatic rings.